The van der Waals surface area contributed by atoms with Gasteiger partial charge in [-0.25, -0.2) is 4.98 Å². The minimum atomic E-state index is 0.0748. The van der Waals surface area contributed by atoms with Gasteiger partial charge in [-0.3, -0.25) is 4.90 Å². The molecule has 1 atom stereocenters. The van der Waals surface area contributed by atoms with Crippen LogP contribution in [0.3, 0.4) is 0 Å². The summed E-state index contributed by atoms with van der Waals surface area (Å²) >= 11 is 1.74. The fourth-order valence-electron chi connectivity index (χ4n) is 2.49. The number of nitriles is 1. The summed E-state index contributed by atoms with van der Waals surface area (Å²) in [7, 11) is 0. The topological polar surface area (TPSA) is 39.9 Å². The van der Waals surface area contributed by atoms with Crippen molar-refractivity contribution in [2.45, 2.75) is 31.8 Å². The number of aromatic nitrogens is 1. The van der Waals surface area contributed by atoms with Crippen LogP contribution >= 0.6 is 11.3 Å². The fraction of sp³-hybridized carbons (Fsp3) is 0.429. The summed E-state index contributed by atoms with van der Waals surface area (Å²) < 4.78 is 1.23. The Morgan fingerprint density at radius 2 is 2.28 bits per heavy atom. The van der Waals surface area contributed by atoms with Crippen LogP contribution in [0, 0.1) is 11.3 Å². The second kappa shape index (κ2) is 5.05. The molecule has 0 saturated carbocycles. The molecule has 0 amide bonds. The molecule has 2 aromatic rings. The number of para-hydroxylation sites is 1. The molecule has 0 spiro atoms. The van der Waals surface area contributed by atoms with Gasteiger partial charge in [0, 0.05) is 0 Å². The van der Waals surface area contributed by atoms with E-state index in [9.17, 15) is 5.26 Å². The number of thiazole rings is 1. The molecule has 0 aliphatic carbocycles. The lowest BCUT2D eigenvalue weighted by molar-refractivity contribution is 0.176. The Morgan fingerprint density at radius 3 is 3.11 bits per heavy atom. The lowest BCUT2D eigenvalue weighted by atomic mass is 10.0. The van der Waals surface area contributed by atoms with E-state index >= 15 is 0 Å². The molecule has 1 fully saturated rings. The lowest BCUT2D eigenvalue weighted by Crippen LogP contribution is -2.37. The summed E-state index contributed by atoms with van der Waals surface area (Å²) in [6.45, 7) is 1.84. The van der Waals surface area contributed by atoms with Crippen molar-refractivity contribution in [1.82, 2.24) is 9.88 Å². The van der Waals surface area contributed by atoms with Crippen LogP contribution in [0.4, 0.5) is 0 Å². The van der Waals surface area contributed by atoms with Gasteiger partial charge in [0.1, 0.15) is 5.01 Å². The number of fused-ring (bicyclic) bond motifs is 1. The highest BCUT2D eigenvalue weighted by Crippen LogP contribution is 2.25. The average molecular weight is 257 g/mol. The zero-order chi connectivity index (χ0) is 12.4. The minimum Gasteiger partial charge on any atom is -0.281 e. The van der Waals surface area contributed by atoms with Crippen molar-refractivity contribution in [2.75, 3.05) is 6.54 Å². The van der Waals surface area contributed by atoms with E-state index in [1.54, 1.807) is 11.3 Å². The van der Waals surface area contributed by atoms with E-state index < -0.39 is 0 Å². The van der Waals surface area contributed by atoms with Crippen molar-refractivity contribution in [2.24, 2.45) is 0 Å². The molecule has 0 N–H and O–H groups in total. The predicted molar refractivity (Wildman–Crippen MR) is 73.3 cm³/mol. The van der Waals surface area contributed by atoms with E-state index in [1.807, 2.05) is 18.2 Å². The van der Waals surface area contributed by atoms with Gasteiger partial charge >= 0.3 is 0 Å². The number of hydrogen-bond donors (Lipinski definition) is 0. The Balaban J connectivity index is 1.81. The molecule has 1 unspecified atom stereocenters. The van der Waals surface area contributed by atoms with E-state index in [1.165, 1.54) is 17.5 Å². The summed E-state index contributed by atoms with van der Waals surface area (Å²) in [5, 5.41) is 10.3. The van der Waals surface area contributed by atoms with Gasteiger partial charge in [-0.1, -0.05) is 12.1 Å². The van der Waals surface area contributed by atoms with Crippen LogP contribution in [-0.4, -0.2) is 22.5 Å². The van der Waals surface area contributed by atoms with Crippen LogP contribution in [0.5, 0.6) is 0 Å². The number of benzene rings is 1. The zero-order valence-corrected chi connectivity index (χ0v) is 11.0. The number of nitrogens with zero attached hydrogens (tertiary/aromatic N) is 3. The SMILES string of the molecule is N#CC1CCCCN1Cc1nc2ccccc2s1. The van der Waals surface area contributed by atoms with Crippen LogP contribution in [0.1, 0.15) is 24.3 Å². The van der Waals surface area contributed by atoms with Crippen LogP contribution in [0.15, 0.2) is 24.3 Å². The van der Waals surface area contributed by atoms with Crippen LogP contribution < -0.4 is 0 Å². The van der Waals surface area contributed by atoms with E-state index in [4.69, 9.17) is 0 Å². The van der Waals surface area contributed by atoms with Gasteiger partial charge in [0.05, 0.1) is 28.9 Å². The zero-order valence-electron chi connectivity index (χ0n) is 10.2. The summed E-state index contributed by atoms with van der Waals surface area (Å²) in [6.07, 6.45) is 3.37. The van der Waals surface area contributed by atoms with Gasteiger partial charge in [0.2, 0.25) is 0 Å². The van der Waals surface area contributed by atoms with E-state index in [2.05, 4.69) is 22.0 Å². The highest BCUT2D eigenvalue weighted by molar-refractivity contribution is 7.18. The molecule has 2 heterocycles. The Bertz CT molecular complexity index is 551. The van der Waals surface area contributed by atoms with Gasteiger partial charge in [-0.05, 0) is 37.9 Å². The van der Waals surface area contributed by atoms with Crippen molar-refractivity contribution < 1.29 is 0 Å². The number of hydrogen-bond acceptors (Lipinski definition) is 4. The van der Waals surface area contributed by atoms with Gasteiger partial charge in [0.25, 0.3) is 0 Å². The van der Waals surface area contributed by atoms with Gasteiger partial charge < -0.3 is 0 Å². The van der Waals surface area contributed by atoms with Gasteiger partial charge in [-0.2, -0.15) is 5.26 Å². The molecule has 18 heavy (non-hydrogen) atoms. The molecular formula is C14H15N3S. The van der Waals surface area contributed by atoms with Crippen LogP contribution in [0.2, 0.25) is 0 Å². The van der Waals surface area contributed by atoms with Crippen molar-refractivity contribution >= 4 is 21.6 Å². The smallest absolute Gasteiger partial charge is 0.108 e. The molecule has 0 bridgehead atoms. The van der Waals surface area contributed by atoms with Crippen molar-refractivity contribution in [3.8, 4) is 6.07 Å². The fourth-order valence-corrected chi connectivity index (χ4v) is 3.48. The third-order valence-electron chi connectivity index (χ3n) is 3.44. The van der Waals surface area contributed by atoms with Crippen molar-refractivity contribution in [1.29, 1.82) is 5.26 Å². The minimum absolute atomic E-state index is 0.0748. The first kappa shape index (κ1) is 11.6. The first-order chi connectivity index (χ1) is 8.86. The third kappa shape index (κ3) is 2.24. The molecule has 4 heteroatoms. The summed E-state index contributed by atoms with van der Waals surface area (Å²) in [6, 6.07) is 10.7. The molecule has 92 valence electrons. The molecule has 1 aliphatic rings. The van der Waals surface area contributed by atoms with E-state index in [0.717, 1.165) is 30.0 Å². The van der Waals surface area contributed by atoms with Gasteiger partial charge in [-0.15, -0.1) is 11.3 Å². The lowest BCUT2D eigenvalue weighted by Gasteiger charge is -2.30. The van der Waals surface area contributed by atoms with Crippen LogP contribution in [-0.2, 0) is 6.54 Å². The normalized spacial score (nSPS) is 20.9. The Hall–Kier alpha value is -1.44. The standard InChI is InChI=1S/C14H15N3S/c15-9-11-5-3-4-8-17(11)10-14-16-12-6-1-2-7-13(12)18-14/h1-2,6-7,11H,3-5,8,10H2. The molecular weight excluding hydrogens is 242 g/mol. The Kier molecular flexibility index (Phi) is 3.26. The summed E-state index contributed by atoms with van der Waals surface area (Å²) in [5.74, 6) is 0. The summed E-state index contributed by atoms with van der Waals surface area (Å²) in [5.41, 5.74) is 1.07. The molecule has 3 nitrogen and oxygen atoms in total. The predicted octanol–water partition coefficient (Wildman–Crippen LogP) is 3.17. The van der Waals surface area contributed by atoms with Crippen molar-refractivity contribution in [3.63, 3.8) is 0 Å². The molecule has 0 radical (unpaired) electrons. The summed E-state index contributed by atoms with van der Waals surface area (Å²) in [4.78, 5) is 6.91. The number of rotatable bonds is 2. The Labute approximate surface area is 111 Å². The number of likely N-dealkylation sites (tertiary alicyclic amines) is 1. The maximum absolute atomic E-state index is 9.17. The average Bonchev–Trinajstić information content (AvgIpc) is 2.81. The third-order valence-corrected chi connectivity index (χ3v) is 4.46. The number of piperidine rings is 1. The molecule has 1 saturated heterocycles. The second-order valence-corrected chi connectivity index (χ2v) is 5.80. The molecule has 3 rings (SSSR count). The maximum atomic E-state index is 9.17. The van der Waals surface area contributed by atoms with Gasteiger partial charge in [0.15, 0.2) is 0 Å². The monoisotopic (exact) mass is 257 g/mol. The second-order valence-electron chi connectivity index (χ2n) is 4.69. The van der Waals surface area contributed by atoms with Crippen molar-refractivity contribution in [3.05, 3.63) is 29.3 Å². The molecule has 1 aliphatic heterocycles. The van der Waals surface area contributed by atoms with Crippen LogP contribution in [0.25, 0.3) is 10.2 Å². The quantitative estimate of drug-likeness (QED) is 0.829. The van der Waals surface area contributed by atoms with E-state index in [-0.39, 0.29) is 6.04 Å². The highest BCUT2D eigenvalue weighted by atomic mass is 32.1. The Morgan fingerprint density at radius 1 is 1.39 bits per heavy atom. The van der Waals surface area contributed by atoms with E-state index in [0.29, 0.717) is 0 Å². The maximum Gasteiger partial charge on any atom is 0.108 e. The molecule has 1 aromatic heterocycles. The largest absolute Gasteiger partial charge is 0.281 e. The highest BCUT2D eigenvalue weighted by Gasteiger charge is 2.22. The first-order valence-electron chi connectivity index (χ1n) is 6.35. The first-order valence-corrected chi connectivity index (χ1v) is 7.16. The molecule has 1 aromatic carbocycles.